The lowest BCUT2D eigenvalue weighted by Crippen LogP contribution is -2.23. The van der Waals surface area contributed by atoms with Crippen molar-refractivity contribution in [1.29, 1.82) is 5.26 Å². The minimum Gasteiger partial charge on any atom is -0.330 e. The summed E-state index contributed by atoms with van der Waals surface area (Å²) >= 11 is 0. The first-order chi connectivity index (χ1) is 7.33. The molecule has 0 aliphatic heterocycles. The Morgan fingerprint density at radius 3 is 2.73 bits per heavy atom. The maximum Gasteiger partial charge on any atom is 0.182 e. The monoisotopic (exact) mass is 205 g/mol. The Kier molecular flexibility index (Phi) is 2.97. The van der Waals surface area contributed by atoms with Crippen molar-refractivity contribution in [1.82, 2.24) is 15.0 Å². The Morgan fingerprint density at radius 2 is 2.20 bits per heavy atom. The molecule has 5 heteroatoms. The Hall–Kier alpha value is -1.41. The van der Waals surface area contributed by atoms with E-state index in [9.17, 15) is 0 Å². The van der Waals surface area contributed by atoms with Gasteiger partial charge in [-0.15, -0.1) is 5.10 Å². The Bertz CT molecular complexity index is 356. The van der Waals surface area contributed by atoms with Crippen molar-refractivity contribution in [2.45, 2.75) is 31.7 Å². The number of nitriles is 1. The summed E-state index contributed by atoms with van der Waals surface area (Å²) in [5.74, 6) is 0.667. The van der Waals surface area contributed by atoms with Gasteiger partial charge in [-0.05, 0) is 38.1 Å². The lowest BCUT2D eigenvalue weighted by atomic mass is 9.86. The molecular weight excluding hydrogens is 190 g/mol. The maximum atomic E-state index is 8.65. The molecule has 80 valence electrons. The zero-order valence-corrected chi connectivity index (χ0v) is 8.63. The van der Waals surface area contributed by atoms with E-state index in [0.29, 0.717) is 17.7 Å². The highest BCUT2D eigenvalue weighted by atomic mass is 15.4. The summed E-state index contributed by atoms with van der Waals surface area (Å²) < 4.78 is 1.82. The first-order valence-corrected chi connectivity index (χ1v) is 5.35. The average Bonchev–Trinajstić information content (AvgIpc) is 2.78. The predicted octanol–water partition coefficient (Wildman–Crippen LogP) is 0.840. The molecule has 0 saturated heterocycles. The summed E-state index contributed by atoms with van der Waals surface area (Å²) in [5, 5.41) is 16.4. The van der Waals surface area contributed by atoms with Gasteiger partial charge >= 0.3 is 0 Å². The van der Waals surface area contributed by atoms with Crippen molar-refractivity contribution < 1.29 is 0 Å². The lowest BCUT2D eigenvalue weighted by molar-refractivity contribution is 0.262. The third-order valence-corrected chi connectivity index (χ3v) is 3.15. The smallest absolute Gasteiger partial charge is 0.182 e. The zero-order chi connectivity index (χ0) is 10.7. The molecule has 0 aromatic carbocycles. The highest BCUT2D eigenvalue weighted by molar-refractivity contribution is 5.13. The number of rotatable bonds is 2. The van der Waals surface area contributed by atoms with Crippen LogP contribution in [0.3, 0.4) is 0 Å². The van der Waals surface area contributed by atoms with Crippen LogP contribution in [-0.4, -0.2) is 21.5 Å². The molecule has 0 amide bonds. The second-order valence-electron chi connectivity index (χ2n) is 4.11. The van der Waals surface area contributed by atoms with Crippen LogP contribution in [0.1, 0.15) is 37.4 Å². The largest absolute Gasteiger partial charge is 0.330 e. The SMILES string of the molecule is N#Cc1cn(C2CCC(CN)CC2)nn1. The molecule has 1 fully saturated rings. The second kappa shape index (κ2) is 4.41. The summed E-state index contributed by atoms with van der Waals surface area (Å²) in [4.78, 5) is 0. The van der Waals surface area contributed by atoms with Crippen LogP contribution in [0.15, 0.2) is 6.20 Å². The number of nitrogens with zero attached hydrogens (tertiary/aromatic N) is 4. The van der Waals surface area contributed by atoms with Gasteiger partial charge in [0, 0.05) is 0 Å². The highest BCUT2D eigenvalue weighted by Gasteiger charge is 2.22. The minimum absolute atomic E-state index is 0.399. The molecule has 1 saturated carbocycles. The highest BCUT2D eigenvalue weighted by Crippen LogP contribution is 2.30. The van der Waals surface area contributed by atoms with E-state index in [1.54, 1.807) is 6.20 Å². The molecule has 2 rings (SSSR count). The van der Waals surface area contributed by atoms with E-state index in [1.807, 2.05) is 10.8 Å². The molecular formula is C10H15N5. The Labute approximate surface area is 88.9 Å². The zero-order valence-electron chi connectivity index (χ0n) is 8.63. The summed E-state index contributed by atoms with van der Waals surface area (Å²) in [6.45, 7) is 0.785. The molecule has 0 atom stereocenters. The van der Waals surface area contributed by atoms with Gasteiger partial charge in [0.1, 0.15) is 6.07 Å². The van der Waals surface area contributed by atoms with Crippen molar-refractivity contribution in [2.24, 2.45) is 11.7 Å². The molecule has 0 spiro atoms. The van der Waals surface area contributed by atoms with Gasteiger partial charge in [0.05, 0.1) is 12.2 Å². The van der Waals surface area contributed by atoms with E-state index in [0.717, 1.165) is 32.2 Å². The summed E-state index contributed by atoms with van der Waals surface area (Å²) in [5.41, 5.74) is 6.03. The van der Waals surface area contributed by atoms with Crippen LogP contribution in [0.2, 0.25) is 0 Å². The summed E-state index contributed by atoms with van der Waals surface area (Å²) in [6.07, 6.45) is 6.23. The topological polar surface area (TPSA) is 80.5 Å². The van der Waals surface area contributed by atoms with E-state index in [1.165, 1.54) is 0 Å². The van der Waals surface area contributed by atoms with Crippen molar-refractivity contribution in [2.75, 3.05) is 6.54 Å². The molecule has 1 heterocycles. The van der Waals surface area contributed by atoms with Gasteiger partial charge in [0.15, 0.2) is 5.69 Å². The molecule has 1 aromatic heterocycles. The molecule has 1 aromatic rings. The van der Waals surface area contributed by atoms with E-state index in [4.69, 9.17) is 11.0 Å². The van der Waals surface area contributed by atoms with E-state index < -0.39 is 0 Å². The van der Waals surface area contributed by atoms with Crippen LogP contribution in [0.5, 0.6) is 0 Å². The van der Waals surface area contributed by atoms with Crippen LogP contribution in [-0.2, 0) is 0 Å². The molecule has 0 radical (unpaired) electrons. The molecule has 1 aliphatic carbocycles. The van der Waals surface area contributed by atoms with Crippen molar-refractivity contribution in [3.8, 4) is 6.07 Å². The van der Waals surface area contributed by atoms with Crippen molar-refractivity contribution in [3.05, 3.63) is 11.9 Å². The molecule has 5 nitrogen and oxygen atoms in total. The van der Waals surface area contributed by atoms with Crippen LogP contribution < -0.4 is 5.73 Å². The first kappa shape index (κ1) is 10.1. The third kappa shape index (κ3) is 2.16. The van der Waals surface area contributed by atoms with E-state index in [2.05, 4.69) is 10.3 Å². The van der Waals surface area contributed by atoms with E-state index in [-0.39, 0.29) is 0 Å². The molecule has 1 aliphatic rings. The Balaban J connectivity index is 1.98. The summed E-state index contributed by atoms with van der Waals surface area (Å²) in [6, 6.07) is 2.40. The van der Waals surface area contributed by atoms with Gasteiger partial charge in [0.25, 0.3) is 0 Å². The van der Waals surface area contributed by atoms with Gasteiger partial charge in [-0.3, -0.25) is 0 Å². The fourth-order valence-electron chi connectivity index (χ4n) is 2.15. The summed E-state index contributed by atoms with van der Waals surface area (Å²) in [7, 11) is 0. The van der Waals surface area contributed by atoms with Gasteiger partial charge in [-0.25, -0.2) is 4.68 Å². The van der Waals surface area contributed by atoms with Crippen LogP contribution in [0.25, 0.3) is 0 Å². The van der Waals surface area contributed by atoms with Gasteiger partial charge in [0.2, 0.25) is 0 Å². The molecule has 0 bridgehead atoms. The molecule has 15 heavy (non-hydrogen) atoms. The normalized spacial score (nSPS) is 26.1. The third-order valence-electron chi connectivity index (χ3n) is 3.15. The first-order valence-electron chi connectivity index (χ1n) is 5.35. The molecule has 0 unspecified atom stereocenters. The second-order valence-corrected chi connectivity index (χ2v) is 4.11. The number of hydrogen-bond donors (Lipinski definition) is 1. The number of hydrogen-bond acceptors (Lipinski definition) is 4. The average molecular weight is 205 g/mol. The van der Waals surface area contributed by atoms with E-state index >= 15 is 0 Å². The van der Waals surface area contributed by atoms with Crippen LogP contribution >= 0.6 is 0 Å². The van der Waals surface area contributed by atoms with Crippen LogP contribution in [0, 0.1) is 17.2 Å². The van der Waals surface area contributed by atoms with Gasteiger partial charge < -0.3 is 5.73 Å². The standard InChI is InChI=1S/C10H15N5/c11-5-8-1-3-10(4-2-8)15-7-9(6-12)13-14-15/h7-8,10H,1-5,11H2. The van der Waals surface area contributed by atoms with Crippen molar-refractivity contribution >= 4 is 0 Å². The van der Waals surface area contributed by atoms with Crippen LogP contribution in [0.4, 0.5) is 0 Å². The predicted molar refractivity (Wildman–Crippen MR) is 54.8 cm³/mol. The maximum absolute atomic E-state index is 8.65. The van der Waals surface area contributed by atoms with Crippen molar-refractivity contribution in [3.63, 3.8) is 0 Å². The fourth-order valence-corrected chi connectivity index (χ4v) is 2.15. The Morgan fingerprint density at radius 1 is 1.47 bits per heavy atom. The number of nitrogens with two attached hydrogens (primary N) is 1. The van der Waals surface area contributed by atoms with Gasteiger partial charge in [-0.2, -0.15) is 5.26 Å². The quantitative estimate of drug-likeness (QED) is 0.775. The van der Waals surface area contributed by atoms with Gasteiger partial charge in [-0.1, -0.05) is 5.21 Å². The number of aromatic nitrogens is 3. The molecule has 2 N–H and O–H groups in total. The minimum atomic E-state index is 0.399. The lowest BCUT2D eigenvalue weighted by Gasteiger charge is -2.27. The fraction of sp³-hybridized carbons (Fsp3) is 0.700.